The maximum Gasteiger partial charge on any atom is 0.000958 e. The van der Waals surface area contributed by atoms with Crippen molar-refractivity contribution in [3.63, 3.8) is 0 Å². The summed E-state index contributed by atoms with van der Waals surface area (Å²) in [6, 6.07) is 0. The van der Waals surface area contributed by atoms with Gasteiger partial charge in [-0.15, -0.1) is 0 Å². The lowest BCUT2D eigenvalue weighted by Crippen LogP contribution is -2.41. The molecule has 0 radical (unpaired) electrons. The van der Waals surface area contributed by atoms with Gasteiger partial charge in [0.25, 0.3) is 0 Å². The van der Waals surface area contributed by atoms with E-state index in [4.69, 9.17) is 0 Å². The Bertz CT molecular complexity index is 129. The summed E-state index contributed by atoms with van der Waals surface area (Å²) in [6.07, 6.45) is 5.61. The number of nitrogens with zero attached hydrogens (tertiary/aromatic N) is 1. The number of likely N-dealkylation sites (tertiary alicyclic amines) is 1. The summed E-state index contributed by atoms with van der Waals surface area (Å²) in [4.78, 5) is 2.59. The molecular weight excluding hydrogens is 182 g/mol. The molecule has 0 spiro atoms. The summed E-state index contributed by atoms with van der Waals surface area (Å²) in [5.74, 6) is 1.81. The van der Waals surface area contributed by atoms with Gasteiger partial charge in [0.2, 0.25) is 0 Å². The predicted octanol–water partition coefficient (Wildman–Crippen LogP) is 4.18. The number of hydrogen-bond acceptors (Lipinski definition) is 1. The summed E-state index contributed by atoms with van der Waals surface area (Å²) in [6.45, 7) is 15.2. The van der Waals surface area contributed by atoms with E-state index in [0.29, 0.717) is 0 Å². The molecule has 0 aromatic carbocycles. The minimum absolute atomic E-state index is 0.895. The van der Waals surface area contributed by atoms with E-state index < -0.39 is 0 Å². The average molecular weight is 213 g/mol. The van der Waals surface area contributed by atoms with Crippen LogP contribution in [0.2, 0.25) is 0 Å². The third-order valence-corrected chi connectivity index (χ3v) is 3.48. The number of hydrogen-bond donors (Lipinski definition) is 0. The molecular formula is C14H31N. The summed E-state index contributed by atoms with van der Waals surface area (Å²) in [5.41, 5.74) is 0. The molecule has 1 aliphatic heterocycles. The molecule has 1 nitrogen and oxygen atoms in total. The molecule has 92 valence electrons. The summed E-state index contributed by atoms with van der Waals surface area (Å²) in [7, 11) is 0. The molecule has 0 aromatic rings. The van der Waals surface area contributed by atoms with Crippen molar-refractivity contribution in [1.29, 1.82) is 0 Å². The van der Waals surface area contributed by atoms with Crippen LogP contribution in [0.15, 0.2) is 0 Å². The van der Waals surface area contributed by atoms with Gasteiger partial charge in [-0.05, 0) is 31.3 Å². The van der Waals surface area contributed by atoms with Crippen molar-refractivity contribution in [3.8, 4) is 0 Å². The summed E-state index contributed by atoms with van der Waals surface area (Å²) >= 11 is 0. The Hall–Kier alpha value is -0.0400. The van der Waals surface area contributed by atoms with Crippen LogP contribution in [-0.2, 0) is 0 Å². The smallest absolute Gasteiger partial charge is 0.000958 e. The topological polar surface area (TPSA) is 3.24 Å². The molecule has 0 saturated carbocycles. The van der Waals surface area contributed by atoms with Gasteiger partial charge in [0, 0.05) is 6.54 Å². The standard InChI is InChI=1S/C12H25N.C2H6/c1-4-5-7-11(2)12(3)10-13-8-6-9-13;1-2/h11-12H,4-10H2,1-3H3;1-2H3. The SMILES string of the molecule is CC.CCCCC(C)C(C)CN1CCC1. The van der Waals surface area contributed by atoms with Crippen LogP contribution in [0.1, 0.15) is 60.3 Å². The van der Waals surface area contributed by atoms with Gasteiger partial charge < -0.3 is 4.90 Å². The van der Waals surface area contributed by atoms with E-state index in [0.717, 1.165) is 11.8 Å². The Morgan fingerprint density at radius 2 is 1.67 bits per heavy atom. The van der Waals surface area contributed by atoms with E-state index in [9.17, 15) is 0 Å². The fraction of sp³-hybridized carbons (Fsp3) is 1.00. The van der Waals surface area contributed by atoms with Crippen LogP contribution in [0, 0.1) is 11.8 Å². The summed E-state index contributed by atoms with van der Waals surface area (Å²) < 4.78 is 0. The minimum atomic E-state index is 0.895. The van der Waals surface area contributed by atoms with Crippen molar-refractivity contribution in [1.82, 2.24) is 4.90 Å². The Balaban J connectivity index is 0.000000921. The van der Waals surface area contributed by atoms with Crippen molar-refractivity contribution >= 4 is 0 Å². The first kappa shape index (κ1) is 15.0. The van der Waals surface area contributed by atoms with Crippen LogP contribution in [0.3, 0.4) is 0 Å². The van der Waals surface area contributed by atoms with Gasteiger partial charge in [-0.1, -0.05) is 53.9 Å². The molecule has 0 aliphatic carbocycles. The van der Waals surface area contributed by atoms with Crippen LogP contribution in [0.4, 0.5) is 0 Å². The average Bonchev–Trinajstić information content (AvgIpc) is 2.22. The molecule has 0 amide bonds. The van der Waals surface area contributed by atoms with Gasteiger partial charge in [0.1, 0.15) is 0 Å². The monoisotopic (exact) mass is 213 g/mol. The highest BCUT2D eigenvalue weighted by molar-refractivity contribution is 4.73. The maximum absolute atomic E-state index is 2.59. The molecule has 1 heteroatoms. The normalized spacial score (nSPS) is 19.8. The highest BCUT2D eigenvalue weighted by Crippen LogP contribution is 2.20. The Labute approximate surface area is 97.2 Å². The predicted molar refractivity (Wildman–Crippen MR) is 70.3 cm³/mol. The molecule has 0 aromatic heterocycles. The Morgan fingerprint density at radius 1 is 1.07 bits per heavy atom. The Kier molecular flexibility index (Phi) is 9.18. The van der Waals surface area contributed by atoms with Gasteiger partial charge in [0.05, 0.1) is 0 Å². The first-order valence-electron chi connectivity index (χ1n) is 6.96. The first-order chi connectivity index (χ1) is 7.24. The van der Waals surface area contributed by atoms with Crippen LogP contribution in [0.25, 0.3) is 0 Å². The molecule has 2 atom stereocenters. The van der Waals surface area contributed by atoms with E-state index in [-0.39, 0.29) is 0 Å². The van der Waals surface area contributed by atoms with Crippen molar-refractivity contribution in [2.75, 3.05) is 19.6 Å². The molecule has 0 bridgehead atoms. The van der Waals surface area contributed by atoms with Crippen molar-refractivity contribution in [2.24, 2.45) is 11.8 Å². The van der Waals surface area contributed by atoms with E-state index in [1.807, 2.05) is 13.8 Å². The first-order valence-corrected chi connectivity index (χ1v) is 6.96. The molecule has 1 heterocycles. The lowest BCUT2D eigenvalue weighted by Gasteiger charge is -2.34. The molecule has 1 saturated heterocycles. The van der Waals surface area contributed by atoms with Crippen molar-refractivity contribution in [3.05, 3.63) is 0 Å². The van der Waals surface area contributed by atoms with Crippen molar-refractivity contribution in [2.45, 2.75) is 60.3 Å². The highest BCUT2D eigenvalue weighted by atomic mass is 15.2. The van der Waals surface area contributed by atoms with Crippen molar-refractivity contribution < 1.29 is 0 Å². The van der Waals surface area contributed by atoms with Crippen LogP contribution >= 0.6 is 0 Å². The highest BCUT2D eigenvalue weighted by Gasteiger charge is 2.19. The largest absolute Gasteiger partial charge is 0.303 e. The number of rotatable bonds is 6. The molecule has 15 heavy (non-hydrogen) atoms. The third kappa shape index (κ3) is 6.19. The second kappa shape index (κ2) is 9.21. The van der Waals surface area contributed by atoms with E-state index in [2.05, 4.69) is 25.7 Å². The Morgan fingerprint density at radius 3 is 2.07 bits per heavy atom. The van der Waals surface area contributed by atoms with E-state index >= 15 is 0 Å². The molecule has 1 rings (SSSR count). The summed E-state index contributed by atoms with van der Waals surface area (Å²) in [5, 5.41) is 0. The molecule has 2 unspecified atom stereocenters. The van der Waals surface area contributed by atoms with Crippen LogP contribution < -0.4 is 0 Å². The van der Waals surface area contributed by atoms with E-state index in [1.165, 1.54) is 45.3 Å². The zero-order valence-electron chi connectivity index (χ0n) is 11.6. The van der Waals surface area contributed by atoms with Crippen LogP contribution in [-0.4, -0.2) is 24.5 Å². The lowest BCUT2D eigenvalue weighted by atomic mass is 9.90. The second-order valence-electron chi connectivity index (χ2n) is 4.75. The quantitative estimate of drug-likeness (QED) is 0.640. The maximum atomic E-state index is 2.59. The van der Waals surface area contributed by atoms with Gasteiger partial charge in [-0.2, -0.15) is 0 Å². The fourth-order valence-electron chi connectivity index (χ4n) is 1.96. The number of unbranched alkanes of at least 4 members (excludes halogenated alkanes) is 1. The third-order valence-electron chi connectivity index (χ3n) is 3.48. The zero-order valence-corrected chi connectivity index (χ0v) is 11.6. The fourth-order valence-corrected chi connectivity index (χ4v) is 1.96. The van der Waals surface area contributed by atoms with Gasteiger partial charge in [0.15, 0.2) is 0 Å². The van der Waals surface area contributed by atoms with Gasteiger partial charge in [-0.25, -0.2) is 0 Å². The van der Waals surface area contributed by atoms with E-state index in [1.54, 1.807) is 0 Å². The van der Waals surface area contributed by atoms with Gasteiger partial charge >= 0.3 is 0 Å². The van der Waals surface area contributed by atoms with Gasteiger partial charge in [-0.3, -0.25) is 0 Å². The van der Waals surface area contributed by atoms with Crippen LogP contribution in [0.5, 0.6) is 0 Å². The zero-order chi connectivity index (χ0) is 11.7. The molecule has 1 aliphatic rings. The minimum Gasteiger partial charge on any atom is -0.303 e. The molecule has 0 N–H and O–H groups in total. The second-order valence-corrected chi connectivity index (χ2v) is 4.75. The molecule has 1 fully saturated rings. The lowest BCUT2D eigenvalue weighted by molar-refractivity contribution is 0.135.